The molecule has 2 rings (SSSR count). The van der Waals surface area contributed by atoms with E-state index in [1.54, 1.807) is 6.92 Å². The highest BCUT2D eigenvalue weighted by atomic mass is 19.4. The summed E-state index contributed by atoms with van der Waals surface area (Å²) in [5, 5.41) is 0. The summed E-state index contributed by atoms with van der Waals surface area (Å²) in [6.45, 7) is 2.81. The van der Waals surface area contributed by atoms with Crippen LogP contribution in [0.4, 0.5) is 26.3 Å². The standard InChI is InChI=1S/C13H12F6O3/c1-6-5-8-4-3-7(2)20-10(8)11(22-13(17,18)19)9(6)21-12(14,15)16/h5,7H,3-4H2,1-2H3. The smallest absolute Gasteiger partial charge is 0.486 e. The van der Waals surface area contributed by atoms with Crippen LogP contribution in [-0.4, -0.2) is 18.8 Å². The Morgan fingerprint density at radius 3 is 2.14 bits per heavy atom. The summed E-state index contributed by atoms with van der Waals surface area (Å²) in [5.41, 5.74) is 0.234. The minimum absolute atomic E-state index is 0.117. The molecule has 1 atom stereocenters. The zero-order valence-corrected chi connectivity index (χ0v) is 11.6. The van der Waals surface area contributed by atoms with Gasteiger partial charge in [0, 0.05) is 0 Å². The molecule has 0 radical (unpaired) electrons. The zero-order valence-electron chi connectivity index (χ0n) is 11.6. The molecule has 0 N–H and O–H groups in total. The first-order valence-corrected chi connectivity index (χ1v) is 6.31. The summed E-state index contributed by atoms with van der Waals surface area (Å²) >= 11 is 0. The number of benzene rings is 1. The number of ether oxygens (including phenoxy) is 3. The van der Waals surface area contributed by atoms with Crippen molar-refractivity contribution >= 4 is 0 Å². The molecule has 1 aromatic carbocycles. The molecule has 1 unspecified atom stereocenters. The Morgan fingerprint density at radius 1 is 1.05 bits per heavy atom. The Hall–Kier alpha value is -1.80. The van der Waals surface area contributed by atoms with Crippen LogP contribution in [0.5, 0.6) is 17.2 Å². The summed E-state index contributed by atoms with van der Waals surface area (Å²) in [6, 6.07) is 1.31. The lowest BCUT2D eigenvalue weighted by atomic mass is 9.99. The summed E-state index contributed by atoms with van der Waals surface area (Å²) in [5.74, 6) is -2.50. The molecule has 0 saturated carbocycles. The highest BCUT2D eigenvalue weighted by molar-refractivity contribution is 5.60. The number of halogens is 6. The fraction of sp³-hybridized carbons (Fsp3) is 0.538. The third kappa shape index (κ3) is 3.89. The average Bonchev–Trinajstić information content (AvgIpc) is 2.32. The monoisotopic (exact) mass is 330 g/mol. The molecule has 0 aromatic heterocycles. The average molecular weight is 330 g/mol. The topological polar surface area (TPSA) is 27.7 Å². The number of hydrogen-bond donors (Lipinski definition) is 0. The highest BCUT2D eigenvalue weighted by Crippen LogP contribution is 2.49. The Labute approximate surface area is 121 Å². The molecule has 0 aliphatic carbocycles. The zero-order chi connectivity index (χ0) is 16.7. The van der Waals surface area contributed by atoms with Crippen molar-refractivity contribution in [2.24, 2.45) is 0 Å². The fourth-order valence-corrected chi connectivity index (χ4v) is 2.21. The van der Waals surface area contributed by atoms with Crippen molar-refractivity contribution in [1.82, 2.24) is 0 Å². The molecule has 1 heterocycles. The summed E-state index contributed by atoms with van der Waals surface area (Å²) in [4.78, 5) is 0. The lowest BCUT2D eigenvalue weighted by molar-refractivity contribution is -0.287. The van der Waals surface area contributed by atoms with Crippen molar-refractivity contribution in [3.05, 3.63) is 17.2 Å². The minimum atomic E-state index is -5.17. The van der Waals surface area contributed by atoms with E-state index in [-0.39, 0.29) is 11.3 Å². The normalized spacial score (nSPS) is 18.5. The maximum atomic E-state index is 12.5. The number of rotatable bonds is 2. The van der Waals surface area contributed by atoms with Crippen LogP contribution in [0.25, 0.3) is 0 Å². The molecular weight excluding hydrogens is 318 g/mol. The van der Waals surface area contributed by atoms with Gasteiger partial charge in [-0.15, -0.1) is 26.3 Å². The van der Waals surface area contributed by atoms with Gasteiger partial charge < -0.3 is 14.2 Å². The molecule has 0 saturated heterocycles. The first kappa shape index (κ1) is 16.6. The van der Waals surface area contributed by atoms with Crippen molar-refractivity contribution in [2.75, 3.05) is 0 Å². The van der Waals surface area contributed by atoms with Crippen molar-refractivity contribution in [3.8, 4) is 17.2 Å². The van der Waals surface area contributed by atoms with Gasteiger partial charge in [0.1, 0.15) is 0 Å². The molecule has 0 amide bonds. The van der Waals surface area contributed by atoms with E-state index in [1.165, 1.54) is 13.0 Å². The van der Waals surface area contributed by atoms with Gasteiger partial charge in [0.15, 0.2) is 11.5 Å². The molecule has 1 aliphatic rings. The largest absolute Gasteiger partial charge is 0.573 e. The molecule has 0 fully saturated rings. The van der Waals surface area contributed by atoms with Gasteiger partial charge in [-0.05, 0) is 43.9 Å². The SMILES string of the molecule is Cc1cc2c(c(OC(F)(F)F)c1OC(F)(F)F)OC(C)CC2. The highest BCUT2D eigenvalue weighted by Gasteiger charge is 2.40. The van der Waals surface area contributed by atoms with Gasteiger partial charge in [-0.3, -0.25) is 0 Å². The summed E-state index contributed by atoms with van der Waals surface area (Å²) in [6.07, 6.45) is -9.85. The second-order valence-corrected chi connectivity index (χ2v) is 4.90. The van der Waals surface area contributed by atoms with Crippen molar-refractivity contribution < 1.29 is 40.6 Å². The van der Waals surface area contributed by atoms with E-state index in [2.05, 4.69) is 9.47 Å². The summed E-state index contributed by atoms with van der Waals surface area (Å²) in [7, 11) is 0. The first-order chi connectivity index (χ1) is 9.96. The van der Waals surface area contributed by atoms with Crippen molar-refractivity contribution in [3.63, 3.8) is 0 Å². The van der Waals surface area contributed by atoms with Crippen molar-refractivity contribution in [2.45, 2.75) is 45.5 Å². The Kier molecular flexibility index (Phi) is 4.09. The second-order valence-electron chi connectivity index (χ2n) is 4.90. The van der Waals surface area contributed by atoms with Crippen LogP contribution in [0.3, 0.4) is 0 Å². The first-order valence-electron chi connectivity index (χ1n) is 6.31. The molecule has 1 aliphatic heterocycles. The van der Waals surface area contributed by atoms with Gasteiger partial charge >= 0.3 is 12.7 Å². The predicted octanol–water partition coefficient (Wildman–Crippen LogP) is 4.51. The lowest BCUT2D eigenvalue weighted by Gasteiger charge is -2.28. The van der Waals surface area contributed by atoms with Crippen LogP contribution in [0, 0.1) is 6.92 Å². The number of fused-ring (bicyclic) bond motifs is 1. The fourth-order valence-electron chi connectivity index (χ4n) is 2.21. The molecule has 9 heteroatoms. The van der Waals surface area contributed by atoms with E-state index in [4.69, 9.17) is 4.74 Å². The molecular formula is C13H12F6O3. The summed E-state index contributed by atoms with van der Waals surface area (Å²) < 4.78 is 87.7. The molecule has 3 nitrogen and oxygen atoms in total. The van der Waals surface area contributed by atoms with E-state index >= 15 is 0 Å². The van der Waals surface area contributed by atoms with Gasteiger partial charge in [0.25, 0.3) is 0 Å². The van der Waals surface area contributed by atoms with Crippen LogP contribution in [-0.2, 0) is 6.42 Å². The second kappa shape index (κ2) is 5.44. The van der Waals surface area contributed by atoms with E-state index < -0.39 is 30.3 Å². The molecule has 0 bridgehead atoms. The Balaban J connectivity index is 2.58. The Bertz CT molecular complexity index is 564. The molecule has 124 valence electrons. The Morgan fingerprint density at radius 2 is 1.59 bits per heavy atom. The quantitative estimate of drug-likeness (QED) is 0.747. The maximum Gasteiger partial charge on any atom is 0.573 e. The number of hydrogen-bond acceptors (Lipinski definition) is 3. The third-order valence-corrected chi connectivity index (χ3v) is 3.03. The molecule has 22 heavy (non-hydrogen) atoms. The number of aryl methyl sites for hydroxylation is 2. The van der Waals surface area contributed by atoms with Crippen LogP contribution >= 0.6 is 0 Å². The molecule has 0 spiro atoms. The predicted molar refractivity (Wildman–Crippen MR) is 63.0 cm³/mol. The van der Waals surface area contributed by atoms with E-state index in [0.29, 0.717) is 18.4 Å². The van der Waals surface area contributed by atoms with Crippen LogP contribution < -0.4 is 14.2 Å². The van der Waals surface area contributed by atoms with Crippen LogP contribution in [0.2, 0.25) is 0 Å². The maximum absolute atomic E-state index is 12.5. The van der Waals surface area contributed by atoms with Gasteiger partial charge in [0.2, 0.25) is 5.75 Å². The van der Waals surface area contributed by atoms with Crippen LogP contribution in [0.15, 0.2) is 6.07 Å². The van der Waals surface area contributed by atoms with Gasteiger partial charge in [-0.1, -0.05) is 0 Å². The minimum Gasteiger partial charge on any atom is -0.486 e. The van der Waals surface area contributed by atoms with Gasteiger partial charge in [0.05, 0.1) is 6.10 Å². The van der Waals surface area contributed by atoms with Crippen molar-refractivity contribution in [1.29, 1.82) is 0 Å². The van der Waals surface area contributed by atoms with Gasteiger partial charge in [-0.2, -0.15) is 0 Å². The number of alkyl halides is 6. The van der Waals surface area contributed by atoms with Crippen LogP contribution in [0.1, 0.15) is 24.5 Å². The van der Waals surface area contributed by atoms with E-state index in [1.807, 2.05) is 0 Å². The third-order valence-electron chi connectivity index (χ3n) is 3.03. The van der Waals surface area contributed by atoms with E-state index in [9.17, 15) is 26.3 Å². The lowest BCUT2D eigenvalue weighted by Crippen LogP contribution is -2.25. The van der Waals surface area contributed by atoms with Gasteiger partial charge in [-0.25, -0.2) is 0 Å². The molecule has 1 aromatic rings. The van der Waals surface area contributed by atoms with E-state index in [0.717, 1.165) is 0 Å².